The van der Waals surface area contributed by atoms with E-state index in [9.17, 15) is 9.59 Å². The molecule has 0 amide bonds. The fourth-order valence-corrected chi connectivity index (χ4v) is 4.56. The molecule has 0 fully saturated rings. The molecule has 162 valence electrons. The lowest BCUT2D eigenvalue weighted by Crippen LogP contribution is -2.13. The van der Waals surface area contributed by atoms with Gasteiger partial charge in [0.05, 0.1) is 17.6 Å². The first kappa shape index (κ1) is 20.2. The molecule has 0 atom stereocenters. The predicted octanol–water partition coefficient (Wildman–Crippen LogP) is 5.05. The van der Waals surface area contributed by atoms with E-state index in [1.807, 2.05) is 37.3 Å². The summed E-state index contributed by atoms with van der Waals surface area (Å²) in [7, 11) is 0. The first-order valence-electron chi connectivity index (χ1n) is 11.1. The highest BCUT2D eigenvalue weighted by molar-refractivity contribution is 6.18. The highest BCUT2D eigenvalue weighted by Crippen LogP contribution is 2.34. The van der Waals surface area contributed by atoms with Gasteiger partial charge < -0.3 is 10.1 Å². The van der Waals surface area contributed by atoms with Crippen molar-refractivity contribution in [2.45, 2.75) is 32.6 Å². The number of carbonyl (C=O) groups excluding carboxylic acids is 1. The summed E-state index contributed by atoms with van der Waals surface area (Å²) in [4.78, 5) is 28.4. The standard InChI is InChI=1S/C26H25N3O3/c1-17-9-12-23-22(15-17)28-25-19-10-11-21(27-13-4-2-3-5-14-32-16-30)18-7-6-8-20(24(18)19)26(31)29(23)25/h6-12,15-16,27H,2-5,13-14H2,1H3. The largest absolute Gasteiger partial charge is 0.468 e. The van der Waals surface area contributed by atoms with Crippen molar-refractivity contribution in [3.63, 3.8) is 0 Å². The third-order valence-corrected chi connectivity index (χ3v) is 6.10. The van der Waals surface area contributed by atoms with Crippen LogP contribution in [0.25, 0.3) is 38.2 Å². The second-order valence-corrected chi connectivity index (χ2v) is 8.26. The first-order valence-corrected chi connectivity index (χ1v) is 11.1. The van der Waals surface area contributed by atoms with Gasteiger partial charge in [0.1, 0.15) is 5.65 Å². The topological polar surface area (TPSA) is 72.7 Å². The fraction of sp³-hybridized carbons (Fsp3) is 0.269. The Morgan fingerprint density at radius 3 is 2.72 bits per heavy atom. The van der Waals surface area contributed by atoms with Crippen LogP contribution in [-0.2, 0) is 9.53 Å². The summed E-state index contributed by atoms with van der Waals surface area (Å²) >= 11 is 0. The average molecular weight is 428 g/mol. The molecule has 6 nitrogen and oxygen atoms in total. The second kappa shape index (κ2) is 8.46. The molecule has 32 heavy (non-hydrogen) atoms. The zero-order chi connectivity index (χ0) is 22.1. The summed E-state index contributed by atoms with van der Waals surface area (Å²) in [6.45, 7) is 3.87. The third kappa shape index (κ3) is 3.42. The number of pyridine rings is 1. The van der Waals surface area contributed by atoms with Gasteiger partial charge in [-0.15, -0.1) is 0 Å². The number of aryl methyl sites for hydroxylation is 1. The van der Waals surface area contributed by atoms with E-state index in [1.54, 1.807) is 4.40 Å². The molecule has 5 aromatic rings. The Bertz CT molecular complexity index is 1490. The highest BCUT2D eigenvalue weighted by Gasteiger charge is 2.17. The Balaban J connectivity index is 1.50. The van der Waals surface area contributed by atoms with Gasteiger partial charge in [0, 0.05) is 33.8 Å². The van der Waals surface area contributed by atoms with Gasteiger partial charge in [-0.1, -0.05) is 24.6 Å². The molecule has 1 N–H and O–H groups in total. The highest BCUT2D eigenvalue weighted by atomic mass is 16.5. The smallest absolute Gasteiger partial charge is 0.293 e. The number of rotatable bonds is 9. The molecule has 0 bridgehead atoms. The van der Waals surface area contributed by atoms with Crippen molar-refractivity contribution in [3.05, 3.63) is 64.4 Å². The van der Waals surface area contributed by atoms with Crippen LogP contribution in [-0.4, -0.2) is 29.0 Å². The van der Waals surface area contributed by atoms with Crippen LogP contribution in [0.3, 0.4) is 0 Å². The lowest BCUT2D eigenvalue weighted by atomic mass is 10.0. The molecular formula is C26H25N3O3. The number of anilines is 1. The molecule has 6 heteroatoms. The summed E-state index contributed by atoms with van der Waals surface area (Å²) in [6.07, 6.45) is 4.02. The van der Waals surface area contributed by atoms with Crippen molar-refractivity contribution in [1.82, 2.24) is 9.38 Å². The number of hydrogen-bond donors (Lipinski definition) is 1. The monoisotopic (exact) mass is 427 g/mol. The molecule has 0 aliphatic rings. The minimum atomic E-state index is -0.0286. The van der Waals surface area contributed by atoms with Crippen LogP contribution in [0.15, 0.2) is 53.3 Å². The van der Waals surface area contributed by atoms with Gasteiger partial charge in [-0.25, -0.2) is 4.98 Å². The Labute approximate surface area is 185 Å². The van der Waals surface area contributed by atoms with Gasteiger partial charge in [0.15, 0.2) is 0 Å². The normalized spacial score (nSPS) is 11.7. The Morgan fingerprint density at radius 1 is 1.00 bits per heavy atom. The molecule has 0 saturated carbocycles. The van der Waals surface area contributed by atoms with Gasteiger partial charge >= 0.3 is 0 Å². The van der Waals surface area contributed by atoms with Crippen LogP contribution in [0.5, 0.6) is 0 Å². The number of aromatic nitrogens is 2. The average Bonchev–Trinajstić information content (AvgIpc) is 3.18. The second-order valence-electron chi connectivity index (χ2n) is 8.26. The molecule has 2 aromatic heterocycles. The Hall–Kier alpha value is -3.67. The van der Waals surface area contributed by atoms with Crippen molar-refractivity contribution in [2.75, 3.05) is 18.5 Å². The van der Waals surface area contributed by atoms with Crippen LogP contribution < -0.4 is 10.9 Å². The lowest BCUT2D eigenvalue weighted by molar-refractivity contribution is -0.128. The number of imidazole rings is 1. The molecule has 2 heterocycles. The summed E-state index contributed by atoms with van der Waals surface area (Å²) in [5, 5.41) is 7.25. The maximum Gasteiger partial charge on any atom is 0.293 e. The predicted molar refractivity (Wildman–Crippen MR) is 129 cm³/mol. The van der Waals surface area contributed by atoms with Crippen molar-refractivity contribution >= 4 is 50.4 Å². The fourth-order valence-electron chi connectivity index (χ4n) is 4.56. The van der Waals surface area contributed by atoms with Gasteiger partial charge in [0.2, 0.25) is 0 Å². The zero-order valence-electron chi connectivity index (χ0n) is 18.1. The van der Waals surface area contributed by atoms with Crippen molar-refractivity contribution in [1.29, 1.82) is 0 Å². The zero-order valence-corrected chi connectivity index (χ0v) is 18.1. The van der Waals surface area contributed by atoms with Crippen molar-refractivity contribution in [2.24, 2.45) is 0 Å². The van der Waals surface area contributed by atoms with E-state index in [0.717, 1.165) is 70.7 Å². The Morgan fingerprint density at radius 2 is 1.84 bits per heavy atom. The van der Waals surface area contributed by atoms with Gasteiger partial charge in [-0.3, -0.25) is 14.0 Å². The summed E-state index contributed by atoms with van der Waals surface area (Å²) in [5.74, 6) is 0. The van der Waals surface area contributed by atoms with Crippen LogP contribution in [0.1, 0.15) is 31.2 Å². The summed E-state index contributed by atoms with van der Waals surface area (Å²) in [6, 6.07) is 16.1. The number of carbonyl (C=O) groups is 1. The molecule has 0 aliphatic heterocycles. The number of unbranched alkanes of at least 4 members (excludes halogenated alkanes) is 3. The number of nitrogens with one attached hydrogen (secondary N) is 1. The maximum atomic E-state index is 13.4. The molecule has 3 aromatic carbocycles. The van der Waals surface area contributed by atoms with E-state index >= 15 is 0 Å². The van der Waals surface area contributed by atoms with E-state index < -0.39 is 0 Å². The number of benzene rings is 3. The number of nitrogens with zero attached hydrogens (tertiary/aromatic N) is 2. The van der Waals surface area contributed by atoms with E-state index in [2.05, 4.69) is 23.5 Å². The SMILES string of the molecule is Cc1ccc2c(c1)nc1c3ccc(NCCCCCCOC=O)c4cccc(c(=O)n21)c43. The van der Waals surface area contributed by atoms with Crippen molar-refractivity contribution in [3.8, 4) is 0 Å². The molecule has 0 spiro atoms. The van der Waals surface area contributed by atoms with Crippen LogP contribution in [0.4, 0.5) is 5.69 Å². The van der Waals surface area contributed by atoms with E-state index in [-0.39, 0.29) is 5.56 Å². The molecule has 0 saturated heterocycles. The van der Waals surface area contributed by atoms with Crippen molar-refractivity contribution < 1.29 is 9.53 Å². The molecule has 0 aliphatic carbocycles. The minimum Gasteiger partial charge on any atom is -0.468 e. The van der Waals surface area contributed by atoms with Crippen LogP contribution in [0.2, 0.25) is 0 Å². The first-order chi connectivity index (χ1) is 15.7. The molecule has 0 unspecified atom stereocenters. The summed E-state index contributed by atoms with van der Waals surface area (Å²) in [5.41, 5.74) is 4.53. The van der Waals surface area contributed by atoms with Crippen LogP contribution in [0, 0.1) is 6.92 Å². The molecule has 0 radical (unpaired) electrons. The van der Waals surface area contributed by atoms with E-state index in [1.165, 1.54) is 0 Å². The quantitative estimate of drug-likeness (QED) is 0.263. The van der Waals surface area contributed by atoms with E-state index in [0.29, 0.717) is 24.1 Å². The maximum absolute atomic E-state index is 13.4. The van der Waals surface area contributed by atoms with Gasteiger partial charge in [-0.05, 0) is 62.1 Å². The lowest BCUT2D eigenvalue weighted by Gasteiger charge is -2.13. The Kier molecular flexibility index (Phi) is 5.35. The number of hydrogen-bond acceptors (Lipinski definition) is 5. The number of ether oxygens (including phenoxy) is 1. The summed E-state index contributed by atoms with van der Waals surface area (Å²) < 4.78 is 6.47. The van der Waals surface area contributed by atoms with Gasteiger partial charge in [-0.2, -0.15) is 0 Å². The number of fused-ring (bicyclic) bond motifs is 4. The van der Waals surface area contributed by atoms with Crippen LogP contribution >= 0.6 is 0 Å². The van der Waals surface area contributed by atoms with Gasteiger partial charge in [0.25, 0.3) is 12.0 Å². The van der Waals surface area contributed by atoms with E-state index in [4.69, 9.17) is 9.72 Å². The molecular weight excluding hydrogens is 402 g/mol. The minimum absolute atomic E-state index is 0.0286. The third-order valence-electron chi connectivity index (χ3n) is 6.10. The molecule has 5 rings (SSSR count).